The maximum atomic E-state index is 8.82. The number of nitrogens with zero attached hydrogens (tertiary/aromatic N) is 2. The van der Waals surface area contributed by atoms with Crippen LogP contribution in [0, 0.1) is 0 Å². The molecule has 0 saturated carbocycles. The summed E-state index contributed by atoms with van der Waals surface area (Å²) in [5.74, 6) is 0. The smallest absolute Gasteiger partial charge is 0.0443 e. The Bertz CT molecular complexity index is 134. The molecule has 0 aromatic heterocycles. The number of hydrogen-bond acceptors (Lipinski definition) is 4. The summed E-state index contributed by atoms with van der Waals surface area (Å²) in [6.07, 6.45) is 1.65. The predicted octanol–water partition coefficient (Wildman–Crippen LogP) is 2.94. The fourth-order valence-corrected chi connectivity index (χ4v) is 1.75. The Morgan fingerprint density at radius 1 is 0.600 bits per heavy atom. The summed E-state index contributed by atoms with van der Waals surface area (Å²) in [6, 6.07) is 0. The van der Waals surface area contributed by atoms with Gasteiger partial charge in [-0.25, -0.2) is 0 Å². The van der Waals surface area contributed by atoms with Crippen molar-refractivity contribution < 1.29 is 10.2 Å². The third-order valence-electron chi connectivity index (χ3n) is 2.89. The zero-order chi connectivity index (χ0) is 12.2. The molecule has 0 aromatic rings. The fourth-order valence-electron chi connectivity index (χ4n) is 1.75. The van der Waals surface area contributed by atoms with Gasteiger partial charge < -0.3 is 20.0 Å². The van der Waals surface area contributed by atoms with Gasteiger partial charge in [-0.2, -0.15) is 0 Å². The van der Waals surface area contributed by atoms with E-state index in [0.717, 1.165) is 52.1 Å². The van der Waals surface area contributed by atoms with Gasteiger partial charge >= 0.3 is 0 Å². The molecule has 0 aliphatic rings. The van der Waals surface area contributed by atoms with Gasteiger partial charge in [-0.3, -0.25) is 0 Å². The van der Waals surface area contributed by atoms with E-state index in [2.05, 4.69) is 23.6 Å². The average Bonchev–Trinajstić information content (AvgIpc) is 2.32. The summed E-state index contributed by atoms with van der Waals surface area (Å²) in [6.45, 7) is 11.0. The molecule has 0 atom stereocenters. The first kappa shape index (κ1) is 32.0. The van der Waals surface area contributed by atoms with Gasteiger partial charge in [0.05, 0.1) is 0 Å². The van der Waals surface area contributed by atoms with E-state index in [9.17, 15) is 0 Å². The molecule has 4 nitrogen and oxygen atoms in total. The number of hydrogen-bond donors (Lipinski definition) is 2. The SMILES string of the molecule is C.C.C.C.CCN(CC)CCN(CCCO)CCCO. The van der Waals surface area contributed by atoms with E-state index >= 15 is 0 Å². The van der Waals surface area contributed by atoms with Crippen LogP contribution in [0.2, 0.25) is 0 Å². The first-order valence-electron chi connectivity index (χ1n) is 6.44. The lowest BCUT2D eigenvalue weighted by atomic mass is 10.3. The molecule has 0 spiro atoms. The second-order valence-corrected chi connectivity index (χ2v) is 4.02. The highest BCUT2D eigenvalue weighted by molar-refractivity contribution is 4.62. The molecule has 0 bridgehead atoms. The van der Waals surface area contributed by atoms with Crippen LogP contribution < -0.4 is 0 Å². The van der Waals surface area contributed by atoms with Crippen molar-refractivity contribution in [3.05, 3.63) is 0 Å². The van der Waals surface area contributed by atoms with Crippen LogP contribution in [0.5, 0.6) is 0 Å². The second kappa shape index (κ2) is 23.9. The Labute approximate surface area is 129 Å². The minimum absolute atomic E-state index is 0. The monoisotopic (exact) mass is 296 g/mol. The van der Waals surface area contributed by atoms with Crippen LogP contribution in [0.4, 0.5) is 0 Å². The molecule has 0 amide bonds. The summed E-state index contributed by atoms with van der Waals surface area (Å²) in [5, 5.41) is 17.6. The Kier molecular flexibility index (Phi) is 38.2. The van der Waals surface area contributed by atoms with Crippen LogP contribution in [0.25, 0.3) is 0 Å². The van der Waals surface area contributed by atoms with Crippen LogP contribution in [-0.2, 0) is 0 Å². The summed E-state index contributed by atoms with van der Waals surface area (Å²) in [4.78, 5) is 4.72. The van der Waals surface area contributed by atoms with E-state index in [1.54, 1.807) is 0 Å². The van der Waals surface area contributed by atoms with Gasteiger partial charge in [0.15, 0.2) is 0 Å². The molecule has 20 heavy (non-hydrogen) atoms. The fraction of sp³-hybridized carbons (Fsp3) is 1.00. The summed E-state index contributed by atoms with van der Waals surface area (Å²) >= 11 is 0. The highest BCUT2D eigenvalue weighted by Gasteiger charge is 2.06. The molecule has 0 aromatic carbocycles. The summed E-state index contributed by atoms with van der Waals surface area (Å²) in [7, 11) is 0. The van der Waals surface area contributed by atoms with Crippen LogP contribution in [-0.4, -0.2) is 72.5 Å². The van der Waals surface area contributed by atoms with Gasteiger partial charge in [0.1, 0.15) is 0 Å². The van der Waals surface area contributed by atoms with Crippen molar-refractivity contribution in [1.29, 1.82) is 0 Å². The Morgan fingerprint density at radius 3 is 1.25 bits per heavy atom. The van der Waals surface area contributed by atoms with Crippen molar-refractivity contribution in [3.8, 4) is 0 Å². The molecule has 0 fully saturated rings. The van der Waals surface area contributed by atoms with Gasteiger partial charge in [-0.05, 0) is 25.9 Å². The number of aliphatic hydroxyl groups is 2. The average molecular weight is 297 g/mol. The van der Waals surface area contributed by atoms with E-state index in [4.69, 9.17) is 10.2 Å². The van der Waals surface area contributed by atoms with Crippen molar-refractivity contribution >= 4 is 0 Å². The highest BCUT2D eigenvalue weighted by Crippen LogP contribution is 1.96. The van der Waals surface area contributed by atoms with Crippen LogP contribution >= 0.6 is 0 Å². The predicted molar refractivity (Wildman–Crippen MR) is 94.6 cm³/mol. The lowest BCUT2D eigenvalue weighted by Crippen LogP contribution is -2.36. The number of likely N-dealkylation sites (N-methyl/N-ethyl adjacent to an activating group) is 1. The molecular weight excluding hydrogens is 252 g/mol. The first-order valence-corrected chi connectivity index (χ1v) is 6.44. The zero-order valence-electron chi connectivity index (χ0n) is 10.9. The van der Waals surface area contributed by atoms with Crippen LogP contribution in [0.15, 0.2) is 0 Å². The molecule has 0 heterocycles. The van der Waals surface area contributed by atoms with Crippen molar-refractivity contribution in [1.82, 2.24) is 9.80 Å². The molecule has 0 aliphatic heterocycles. The van der Waals surface area contributed by atoms with Gasteiger partial charge in [0, 0.05) is 39.4 Å². The maximum Gasteiger partial charge on any atom is 0.0443 e. The van der Waals surface area contributed by atoms with Crippen molar-refractivity contribution in [3.63, 3.8) is 0 Å². The second-order valence-electron chi connectivity index (χ2n) is 4.02. The third kappa shape index (κ3) is 17.8. The van der Waals surface area contributed by atoms with Crippen molar-refractivity contribution in [2.45, 2.75) is 56.4 Å². The molecule has 0 saturated heterocycles. The quantitative estimate of drug-likeness (QED) is 0.615. The number of rotatable bonds is 11. The largest absolute Gasteiger partial charge is 0.396 e. The van der Waals surface area contributed by atoms with E-state index in [0.29, 0.717) is 0 Å². The molecule has 0 aliphatic carbocycles. The summed E-state index contributed by atoms with van der Waals surface area (Å²) < 4.78 is 0. The van der Waals surface area contributed by atoms with E-state index in [1.165, 1.54) is 0 Å². The molecular formula is C16H44N2O2. The van der Waals surface area contributed by atoms with Crippen LogP contribution in [0.1, 0.15) is 56.4 Å². The van der Waals surface area contributed by atoms with Crippen molar-refractivity contribution in [2.75, 3.05) is 52.5 Å². The van der Waals surface area contributed by atoms with Gasteiger partial charge in [0.2, 0.25) is 0 Å². The minimum Gasteiger partial charge on any atom is -0.396 e. The van der Waals surface area contributed by atoms with Gasteiger partial charge in [-0.1, -0.05) is 43.6 Å². The first-order chi connectivity index (χ1) is 7.78. The molecule has 0 unspecified atom stereocenters. The van der Waals surface area contributed by atoms with E-state index < -0.39 is 0 Å². The molecule has 0 radical (unpaired) electrons. The third-order valence-corrected chi connectivity index (χ3v) is 2.89. The zero-order valence-corrected chi connectivity index (χ0v) is 10.9. The van der Waals surface area contributed by atoms with Gasteiger partial charge in [0.25, 0.3) is 0 Å². The lowest BCUT2D eigenvalue weighted by molar-refractivity contribution is 0.178. The topological polar surface area (TPSA) is 46.9 Å². The molecule has 0 rings (SSSR count). The molecule has 2 N–H and O–H groups in total. The molecule has 4 heteroatoms. The Morgan fingerprint density at radius 2 is 0.950 bits per heavy atom. The molecule has 130 valence electrons. The Balaban J connectivity index is -0.000000187. The lowest BCUT2D eigenvalue weighted by Gasteiger charge is -2.25. The highest BCUT2D eigenvalue weighted by atomic mass is 16.3. The Hall–Kier alpha value is -0.160. The standard InChI is InChI=1S/C12H28N2O2.4CH4/c1-3-13(4-2)9-10-14(7-5-11-15)8-6-12-16;;;;/h15-16H,3-12H2,1-2H3;4*1H4. The van der Waals surface area contributed by atoms with E-state index in [1.807, 2.05) is 0 Å². The minimum atomic E-state index is 0. The van der Waals surface area contributed by atoms with Gasteiger partial charge in [-0.15, -0.1) is 0 Å². The van der Waals surface area contributed by atoms with E-state index in [-0.39, 0.29) is 42.9 Å². The number of aliphatic hydroxyl groups excluding tert-OH is 2. The normalized spacial score (nSPS) is 9.30. The van der Waals surface area contributed by atoms with Crippen molar-refractivity contribution in [2.24, 2.45) is 0 Å². The summed E-state index contributed by atoms with van der Waals surface area (Å²) in [5.41, 5.74) is 0. The van der Waals surface area contributed by atoms with Crippen LogP contribution in [0.3, 0.4) is 0 Å². The maximum absolute atomic E-state index is 8.82.